The van der Waals surface area contributed by atoms with Crippen LogP contribution in [0.3, 0.4) is 0 Å². The molecule has 1 aromatic heterocycles. The Morgan fingerprint density at radius 3 is 2.22 bits per heavy atom. The molecular weight excluding hydrogens is 483 g/mol. The van der Waals surface area contributed by atoms with E-state index in [1.807, 2.05) is 55.5 Å². The van der Waals surface area contributed by atoms with E-state index in [1.165, 1.54) is 21.8 Å². The second kappa shape index (κ2) is 9.47. The van der Waals surface area contributed by atoms with Crippen LogP contribution in [0.2, 0.25) is 5.02 Å². The first-order valence-corrected chi connectivity index (χ1v) is 14.4. The van der Waals surface area contributed by atoms with E-state index < -0.39 is 7.28 Å². The van der Waals surface area contributed by atoms with Crippen LogP contribution in [0.4, 0.5) is 5.69 Å². The zero-order valence-electron chi connectivity index (χ0n) is 21.5. The standard InChI is InChI=1S/C31H32ClN2OP/c1-6-34-29-15-11-10-14-26(29)27-21-25(18-19-30(27)34)36(31(3,4)5,35-24-12-8-7-9-13-24)33-23-17-16-22(2)28(32)20-23/h7-21H,6H2,1-5H3/t36-/m0/s1. The molecule has 5 rings (SSSR count). The highest BCUT2D eigenvalue weighted by Crippen LogP contribution is 2.62. The van der Waals surface area contributed by atoms with Gasteiger partial charge in [-0.2, -0.15) is 0 Å². The average molecular weight is 515 g/mol. The van der Waals surface area contributed by atoms with Crippen molar-refractivity contribution in [2.24, 2.45) is 4.74 Å². The maximum Gasteiger partial charge on any atom is 0.173 e. The van der Waals surface area contributed by atoms with Crippen molar-refractivity contribution in [2.75, 3.05) is 0 Å². The van der Waals surface area contributed by atoms with Crippen LogP contribution >= 0.6 is 18.9 Å². The molecule has 0 bridgehead atoms. The number of halogens is 1. The summed E-state index contributed by atoms with van der Waals surface area (Å²) < 4.78 is 14.8. The third-order valence-electron chi connectivity index (χ3n) is 6.72. The Balaban J connectivity index is 1.85. The van der Waals surface area contributed by atoms with Crippen LogP contribution in [0, 0.1) is 6.92 Å². The van der Waals surface area contributed by atoms with E-state index >= 15 is 0 Å². The Morgan fingerprint density at radius 1 is 0.833 bits per heavy atom. The second-order valence-electron chi connectivity index (χ2n) is 10.1. The summed E-state index contributed by atoms with van der Waals surface area (Å²) in [6.45, 7) is 11.8. The zero-order valence-corrected chi connectivity index (χ0v) is 23.1. The Labute approximate surface area is 218 Å². The van der Waals surface area contributed by atoms with Crippen molar-refractivity contribution in [3.8, 4) is 5.75 Å². The number of fused-ring (bicyclic) bond motifs is 3. The summed E-state index contributed by atoms with van der Waals surface area (Å²) in [6.07, 6.45) is 0. The minimum atomic E-state index is -2.64. The summed E-state index contributed by atoms with van der Waals surface area (Å²) >= 11 is 6.53. The molecule has 3 nitrogen and oxygen atoms in total. The first kappa shape index (κ1) is 24.7. The molecule has 0 aliphatic carbocycles. The molecule has 1 atom stereocenters. The lowest BCUT2D eigenvalue weighted by atomic mass is 10.1. The highest BCUT2D eigenvalue weighted by molar-refractivity contribution is 7.71. The van der Waals surface area contributed by atoms with E-state index in [0.29, 0.717) is 5.02 Å². The number of benzene rings is 4. The first-order chi connectivity index (χ1) is 17.2. The van der Waals surface area contributed by atoms with Gasteiger partial charge in [0.1, 0.15) is 5.75 Å². The molecule has 0 aliphatic heterocycles. The minimum Gasteiger partial charge on any atom is -0.455 e. The normalized spacial score (nSPS) is 13.6. The van der Waals surface area contributed by atoms with Crippen molar-refractivity contribution in [3.63, 3.8) is 0 Å². The fourth-order valence-corrected chi connectivity index (χ4v) is 8.06. The van der Waals surface area contributed by atoms with Gasteiger partial charge in [0.25, 0.3) is 0 Å². The van der Waals surface area contributed by atoms with Crippen LogP contribution in [-0.2, 0) is 6.54 Å². The largest absolute Gasteiger partial charge is 0.455 e. The molecule has 1 heterocycles. The second-order valence-corrected chi connectivity index (χ2v) is 13.9. The van der Waals surface area contributed by atoms with Gasteiger partial charge in [0, 0.05) is 43.8 Å². The van der Waals surface area contributed by atoms with E-state index in [-0.39, 0.29) is 5.16 Å². The lowest BCUT2D eigenvalue weighted by molar-refractivity contribution is 0.571. The van der Waals surface area contributed by atoms with Crippen LogP contribution in [-0.4, -0.2) is 9.72 Å². The van der Waals surface area contributed by atoms with Gasteiger partial charge in [-0.3, -0.25) is 0 Å². The lowest BCUT2D eigenvalue weighted by Gasteiger charge is -2.37. The summed E-state index contributed by atoms with van der Waals surface area (Å²) in [6, 6.07) is 31.5. The Kier molecular flexibility index (Phi) is 6.49. The number of para-hydroxylation sites is 2. The van der Waals surface area contributed by atoms with Crippen molar-refractivity contribution in [3.05, 3.63) is 102 Å². The molecule has 5 heteroatoms. The number of hydrogen-bond donors (Lipinski definition) is 0. The van der Waals surface area contributed by atoms with Gasteiger partial charge in [0.05, 0.1) is 5.69 Å². The Bertz CT molecular complexity index is 1610. The quantitative estimate of drug-likeness (QED) is 0.214. The monoisotopic (exact) mass is 514 g/mol. The lowest BCUT2D eigenvalue weighted by Crippen LogP contribution is -2.27. The highest BCUT2D eigenvalue weighted by atomic mass is 35.5. The van der Waals surface area contributed by atoms with E-state index in [4.69, 9.17) is 20.9 Å². The smallest absolute Gasteiger partial charge is 0.173 e. The fraction of sp³-hybridized carbons (Fsp3) is 0.226. The molecule has 5 aromatic rings. The van der Waals surface area contributed by atoms with Crippen LogP contribution in [0.25, 0.3) is 21.8 Å². The number of aryl methyl sites for hydroxylation is 2. The van der Waals surface area contributed by atoms with Gasteiger partial charge >= 0.3 is 0 Å². The van der Waals surface area contributed by atoms with Crippen LogP contribution in [0.1, 0.15) is 33.3 Å². The molecule has 0 amide bonds. The summed E-state index contributed by atoms with van der Waals surface area (Å²) in [5, 5.41) is 4.02. The van der Waals surface area contributed by atoms with E-state index in [1.54, 1.807) is 0 Å². The van der Waals surface area contributed by atoms with Gasteiger partial charge in [-0.25, -0.2) is 4.74 Å². The SMILES string of the molecule is CCn1c2ccccc2c2cc([P@](=Nc3ccc(C)c(Cl)c3)(Oc3ccccc3)C(C)(C)C)ccc21. The van der Waals surface area contributed by atoms with Gasteiger partial charge in [0.15, 0.2) is 7.28 Å². The topological polar surface area (TPSA) is 26.5 Å². The first-order valence-electron chi connectivity index (χ1n) is 12.4. The maximum absolute atomic E-state index is 7.02. The van der Waals surface area contributed by atoms with Crippen molar-refractivity contribution in [1.29, 1.82) is 0 Å². The van der Waals surface area contributed by atoms with Crippen LogP contribution in [0.5, 0.6) is 5.75 Å². The number of aromatic nitrogens is 1. The summed E-state index contributed by atoms with van der Waals surface area (Å²) in [4.78, 5) is 0. The molecule has 4 aromatic carbocycles. The van der Waals surface area contributed by atoms with E-state index in [2.05, 4.69) is 74.7 Å². The van der Waals surface area contributed by atoms with Gasteiger partial charge in [-0.1, -0.05) is 74.8 Å². The van der Waals surface area contributed by atoms with Crippen LogP contribution < -0.4 is 9.83 Å². The predicted molar refractivity (Wildman–Crippen MR) is 157 cm³/mol. The van der Waals surface area contributed by atoms with Gasteiger partial charge in [0.2, 0.25) is 0 Å². The predicted octanol–water partition coefficient (Wildman–Crippen LogP) is 9.73. The third-order valence-corrected chi connectivity index (χ3v) is 10.9. The van der Waals surface area contributed by atoms with E-state index in [9.17, 15) is 0 Å². The molecular formula is C31H32ClN2OP. The van der Waals surface area contributed by atoms with Gasteiger partial charge in [-0.15, -0.1) is 0 Å². The maximum atomic E-state index is 7.02. The summed E-state index contributed by atoms with van der Waals surface area (Å²) in [5.74, 6) is 0.818. The molecule has 0 saturated heterocycles. The summed E-state index contributed by atoms with van der Waals surface area (Å²) in [7, 11) is -2.64. The summed E-state index contributed by atoms with van der Waals surface area (Å²) in [5.41, 5.74) is 4.35. The van der Waals surface area contributed by atoms with Crippen molar-refractivity contribution >= 4 is 51.7 Å². The van der Waals surface area contributed by atoms with Gasteiger partial charge < -0.3 is 9.09 Å². The molecule has 0 saturated carbocycles. The highest BCUT2D eigenvalue weighted by Gasteiger charge is 2.39. The molecule has 184 valence electrons. The third kappa shape index (κ3) is 4.25. The molecule has 0 spiro atoms. The van der Waals surface area contributed by atoms with Crippen LogP contribution in [0.15, 0.2) is 95.7 Å². The number of hydrogen-bond acceptors (Lipinski definition) is 2. The minimum absolute atomic E-state index is 0.281. The molecule has 0 N–H and O–H groups in total. The fourth-order valence-electron chi connectivity index (χ4n) is 4.82. The average Bonchev–Trinajstić information content (AvgIpc) is 3.18. The van der Waals surface area contributed by atoms with Crippen molar-refractivity contribution in [1.82, 2.24) is 4.57 Å². The zero-order chi connectivity index (χ0) is 25.5. The molecule has 0 unspecified atom stereocenters. The molecule has 0 radical (unpaired) electrons. The Morgan fingerprint density at radius 2 is 1.53 bits per heavy atom. The Hall–Kier alpha value is -3.00. The molecule has 36 heavy (non-hydrogen) atoms. The number of rotatable bonds is 5. The van der Waals surface area contributed by atoms with E-state index in [0.717, 1.165) is 28.8 Å². The van der Waals surface area contributed by atoms with Crippen molar-refractivity contribution < 1.29 is 4.52 Å². The molecule has 0 fully saturated rings. The number of nitrogens with zero attached hydrogens (tertiary/aromatic N) is 2. The molecule has 0 aliphatic rings. The van der Waals surface area contributed by atoms with Gasteiger partial charge in [-0.05, 0) is 67.9 Å². The van der Waals surface area contributed by atoms with Crippen molar-refractivity contribution in [2.45, 2.75) is 46.3 Å².